The van der Waals surface area contributed by atoms with E-state index in [9.17, 15) is 4.79 Å². The van der Waals surface area contributed by atoms with Crippen LogP contribution in [0.5, 0.6) is 0 Å². The van der Waals surface area contributed by atoms with Crippen LogP contribution in [0.25, 0.3) is 0 Å². The zero-order valence-corrected chi connectivity index (χ0v) is 10.4. The number of carbonyl (C=O) groups excluding carboxylic acids is 1. The van der Waals surface area contributed by atoms with Crippen molar-refractivity contribution in [3.05, 3.63) is 35.9 Å². The Labute approximate surface area is 107 Å². The first-order chi connectivity index (χ1) is 8.77. The number of benzene rings is 1. The Bertz CT molecular complexity index is 374. The lowest BCUT2D eigenvalue weighted by Crippen LogP contribution is -2.30. The molecule has 0 bridgehead atoms. The number of nitrogens with two attached hydrogens (primary N) is 1. The van der Waals surface area contributed by atoms with Crippen LogP contribution < -0.4 is 5.73 Å². The van der Waals surface area contributed by atoms with Gasteiger partial charge in [-0.3, -0.25) is 0 Å². The molecule has 0 saturated carbocycles. The molecule has 2 atom stereocenters. The van der Waals surface area contributed by atoms with Crippen molar-refractivity contribution >= 4 is 5.97 Å². The minimum atomic E-state index is -0.713. The number of esters is 1. The molecule has 1 aromatic carbocycles. The highest BCUT2D eigenvalue weighted by molar-refractivity contribution is 5.77. The molecule has 1 aliphatic rings. The second-order valence-corrected chi connectivity index (χ2v) is 4.51. The van der Waals surface area contributed by atoms with Crippen molar-refractivity contribution in [1.82, 2.24) is 0 Å². The van der Waals surface area contributed by atoms with Gasteiger partial charge in [0.25, 0.3) is 0 Å². The normalized spacial score (nSPS) is 21.3. The Hall–Kier alpha value is -1.39. The maximum atomic E-state index is 11.8. The molecule has 1 saturated heterocycles. The lowest BCUT2D eigenvalue weighted by molar-refractivity contribution is -0.150. The van der Waals surface area contributed by atoms with Gasteiger partial charge in [0.15, 0.2) is 0 Å². The molecule has 0 spiro atoms. The van der Waals surface area contributed by atoms with Crippen molar-refractivity contribution in [2.45, 2.75) is 31.4 Å². The quantitative estimate of drug-likeness (QED) is 0.826. The van der Waals surface area contributed by atoms with E-state index >= 15 is 0 Å². The predicted molar refractivity (Wildman–Crippen MR) is 67.9 cm³/mol. The van der Waals surface area contributed by atoms with Crippen molar-refractivity contribution in [2.75, 3.05) is 13.2 Å². The van der Waals surface area contributed by atoms with Crippen LogP contribution in [0.2, 0.25) is 0 Å². The number of ether oxygens (including phenoxy) is 2. The molecule has 4 nitrogen and oxygen atoms in total. The van der Waals surface area contributed by atoms with E-state index in [0.29, 0.717) is 6.61 Å². The lowest BCUT2D eigenvalue weighted by atomic mass is 10.1. The fraction of sp³-hybridized carbons (Fsp3) is 0.500. The maximum Gasteiger partial charge on any atom is 0.327 e. The van der Waals surface area contributed by atoms with Crippen LogP contribution in [0.1, 0.15) is 30.9 Å². The molecule has 4 heteroatoms. The highest BCUT2D eigenvalue weighted by Crippen LogP contribution is 2.15. The monoisotopic (exact) mass is 249 g/mol. The van der Waals surface area contributed by atoms with E-state index in [1.165, 1.54) is 0 Å². The fourth-order valence-electron chi connectivity index (χ4n) is 2.00. The van der Waals surface area contributed by atoms with Crippen LogP contribution in [0.15, 0.2) is 30.3 Å². The van der Waals surface area contributed by atoms with Crippen LogP contribution in [-0.2, 0) is 14.3 Å². The summed E-state index contributed by atoms with van der Waals surface area (Å²) in [5.41, 5.74) is 6.61. The van der Waals surface area contributed by atoms with Crippen LogP contribution in [0, 0.1) is 0 Å². The predicted octanol–water partition coefficient (Wildman–Crippen LogP) is 1.80. The summed E-state index contributed by atoms with van der Waals surface area (Å²) >= 11 is 0. The summed E-state index contributed by atoms with van der Waals surface area (Å²) in [4.78, 5) is 11.8. The van der Waals surface area contributed by atoms with Gasteiger partial charge in [-0.25, -0.2) is 4.79 Å². The molecule has 2 rings (SSSR count). The number of rotatable bonds is 4. The molecule has 18 heavy (non-hydrogen) atoms. The molecule has 1 fully saturated rings. The summed E-state index contributed by atoms with van der Waals surface area (Å²) in [5, 5.41) is 0. The molecule has 1 aromatic rings. The van der Waals surface area contributed by atoms with Crippen LogP contribution >= 0.6 is 0 Å². The maximum absolute atomic E-state index is 11.8. The molecule has 2 N–H and O–H groups in total. The van der Waals surface area contributed by atoms with Crippen molar-refractivity contribution in [2.24, 2.45) is 5.73 Å². The van der Waals surface area contributed by atoms with Crippen molar-refractivity contribution in [1.29, 1.82) is 0 Å². The number of hydrogen-bond donors (Lipinski definition) is 1. The number of carbonyl (C=O) groups is 1. The van der Waals surface area contributed by atoms with E-state index in [0.717, 1.165) is 31.4 Å². The van der Waals surface area contributed by atoms with Gasteiger partial charge in [-0.1, -0.05) is 30.3 Å². The summed E-state index contributed by atoms with van der Waals surface area (Å²) in [6.07, 6.45) is 3.21. The zero-order chi connectivity index (χ0) is 12.8. The van der Waals surface area contributed by atoms with Gasteiger partial charge >= 0.3 is 5.97 Å². The Morgan fingerprint density at radius 1 is 1.39 bits per heavy atom. The Morgan fingerprint density at radius 2 is 2.17 bits per heavy atom. The molecule has 98 valence electrons. The van der Waals surface area contributed by atoms with Gasteiger partial charge in [-0.2, -0.15) is 0 Å². The van der Waals surface area contributed by atoms with Gasteiger partial charge in [0.05, 0.1) is 6.10 Å². The second-order valence-electron chi connectivity index (χ2n) is 4.51. The molecule has 1 aliphatic heterocycles. The largest absolute Gasteiger partial charge is 0.462 e. The SMILES string of the molecule is N[C@@H](C(=O)OCC1CCCCO1)c1ccccc1. The van der Waals surface area contributed by atoms with Crippen LogP contribution in [0.4, 0.5) is 0 Å². The first-order valence-corrected chi connectivity index (χ1v) is 6.36. The molecular weight excluding hydrogens is 230 g/mol. The van der Waals surface area contributed by atoms with E-state index in [-0.39, 0.29) is 6.10 Å². The summed E-state index contributed by atoms with van der Waals surface area (Å²) in [5.74, 6) is -0.393. The molecule has 0 amide bonds. The zero-order valence-electron chi connectivity index (χ0n) is 10.4. The third-order valence-electron chi connectivity index (χ3n) is 3.10. The minimum absolute atomic E-state index is 0.0330. The standard InChI is InChI=1S/C14H19NO3/c15-13(11-6-2-1-3-7-11)14(16)18-10-12-8-4-5-9-17-12/h1-3,6-7,12-13H,4-5,8-10,15H2/t12?,13-/m1/s1. The lowest BCUT2D eigenvalue weighted by Gasteiger charge is -2.22. The van der Waals surface area contributed by atoms with Gasteiger partial charge in [0.2, 0.25) is 0 Å². The smallest absolute Gasteiger partial charge is 0.327 e. The van der Waals surface area contributed by atoms with E-state index in [1.54, 1.807) is 0 Å². The minimum Gasteiger partial charge on any atom is -0.462 e. The third kappa shape index (κ3) is 3.55. The van der Waals surface area contributed by atoms with Crippen molar-refractivity contribution in [3.8, 4) is 0 Å². The Morgan fingerprint density at radius 3 is 2.83 bits per heavy atom. The molecule has 0 radical (unpaired) electrons. The van der Waals surface area contributed by atoms with E-state index in [2.05, 4.69) is 0 Å². The molecule has 1 unspecified atom stereocenters. The van der Waals surface area contributed by atoms with Gasteiger partial charge < -0.3 is 15.2 Å². The molecule has 1 heterocycles. The first-order valence-electron chi connectivity index (χ1n) is 6.36. The molecule has 0 aliphatic carbocycles. The molecule has 0 aromatic heterocycles. The van der Waals surface area contributed by atoms with Crippen LogP contribution in [-0.4, -0.2) is 25.3 Å². The highest BCUT2D eigenvalue weighted by Gasteiger charge is 2.20. The topological polar surface area (TPSA) is 61.6 Å². The average molecular weight is 249 g/mol. The highest BCUT2D eigenvalue weighted by atomic mass is 16.6. The summed E-state index contributed by atoms with van der Waals surface area (Å²) in [6.45, 7) is 1.06. The summed E-state index contributed by atoms with van der Waals surface area (Å²) < 4.78 is 10.7. The number of hydrogen-bond acceptors (Lipinski definition) is 4. The van der Waals surface area contributed by atoms with E-state index in [1.807, 2.05) is 30.3 Å². The van der Waals surface area contributed by atoms with Gasteiger partial charge in [-0.05, 0) is 24.8 Å². The van der Waals surface area contributed by atoms with Gasteiger partial charge in [-0.15, -0.1) is 0 Å². The summed E-state index contributed by atoms with van der Waals surface area (Å²) in [6, 6.07) is 8.53. The van der Waals surface area contributed by atoms with Crippen molar-refractivity contribution in [3.63, 3.8) is 0 Å². The van der Waals surface area contributed by atoms with E-state index in [4.69, 9.17) is 15.2 Å². The van der Waals surface area contributed by atoms with Gasteiger partial charge in [0, 0.05) is 6.61 Å². The fourth-order valence-corrected chi connectivity index (χ4v) is 2.00. The second kappa shape index (κ2) is 6.52. The third-order valence-corrected chi connectivity index (χ3v) is 3.10. The van der Waals surface area contributed by atoms with Crippen LogP contribution in [0.3, 0.4) is 0 Å². The Balaban J connectivity index is 1.80. The van der Waals surface area contributed by atoms with E-state index < -0.39 is 12.0 Å². The Kier molecular flexibility index (Phi) is 4.73. The average Bonchev–Trinajstić information content (AvgIpc) is 2.46. The van der Waals surface area contributed by atoms with Crippen molar-refractivity contribution < 1.29 is 14.3 Å². The van der Waals surface area contributed by atoms with Gasteiger partial charge in [0.1, 0.15) is 12.6 Å². The molecular formula is C14H19NO3. The summed E-state index contributed by atoms with van der Waals surface area (Å²) in [7, 11) is 0. The first kappa shape index (κ1) is 13.1.